The molecule has 0 fully saturated rings. The molecule has 0 amide bonds. The third-order valence-electron chi connectivity index (χ3n) is 5.14. The van der Waals surface area contributed by atoms with Crippen molar-refractivity contribution in [3.8, 4) is 11.5 Å². The highest BCUT2D eigenvalue weighted by molar-refractivity contribution is 9.10. The monoisotopic (exact) mass is 511 g/mol. The van der Waals surface area contributed by atoms with Crippen LogP contribution < -0.4 is 15.2 Å². The Balaban J connectivity index is 1.48. The number of anilines is 1. The van der Waals surface area contributed by atoms with Crippen LogP contribution in [-0.2, 0) is 13.0 Å². The number of imidazole rings is 1. The lowest BCUT2D eigenvalue weighted by Gasteiger charge is -2.10. The van der Waals surface area contributed by atoms with E-state index >= 15 is 0 Å². The molecule has 32 heavy (non-hydrogen) atoms. The predicted molar refractivity (Wildman–Crippen MR) is 124 cm³/mol. The van der Waals surface area contributed by atoms with Crippen molar-refractivity contribution < 1.29 is 14.3 Å². The van der Waals surface area contributed by atoms with Gasteiger partial charge in [0.2, 0.25) is 6.79 Å². The third-order valence-corrected chi connectivity index (χ3v) is 7.11. The molecular formula is C22H18BrN5O3S. The first kappa shape index (κ1) is 20.8. The van der Waals surface area contributed by atoms with Gasteiger partial charge >= 0.3 is 0 Å². The highest BCUT2D eigenvalue weighted by atomic mass is 79.9. The number of halogens is 1. The number of carbonyl (C=O) groups is 1. The molecular weight excluding hydrogens is 494 g/mol. The minimum Gasteiger partial charge on any atom is -0.454 e. The molecule has 0 saturated carbocycles. The quantitative estimate of drug-likeness (QED) is 0.377. The maximum Gasteiger partial charge on any atom is 0.231 e. The van der Waals surface area contributed by atoms with Gasteiger partial charge in [-0.1, -0.05) is 36.0 Å². The fourth-order valence-corrected chi connectivity index (χ4v) is 4.94. The topological polar surface area (TPSA) is 105 Å². The minimum atomic E-state index is 0.0531. The van der Waals surface area contributed by atoms with Crippen LogP contribution >= 0.6 is 27.7 Å². The van der Waals surface area contributed by atoms with E-state index in [1.54, 1.807) is 6.92 Å². The molecule has 2 N–H and O–H groups in total. The van der Waals surface area contributed by atoms with Crippen molar-refractivity contribution in [1.29, 1.82) is 0 Å². The molecule has 5 rings (SSSR count). The van der Waals surface area contributed by atoms with E-state index in [2.05, 4.69) is 25.9 Å². The molecule has 0 radical (unpaired) electrons. The number of carbonyl (C=O) groups excluding carboxylic acids is 1. The van der Waals surface area contributed by atoms with E-state index < -0.39 is 0 Å². The van der Waals surface area contributed by atoms with Gasteiger partial charge in [0.25, 0.3) is 0 Å². The number of fused-ring (bicyclic) bond motifs is 2. The zero-order valence-electron chi connectivity index (χ0n) is 17.0. The summed E-state index contributed by atoms with van der Waals surface area (Å²) in [6, 6.07) is 11.5. The summed E-state index contributed by atoms with van der Waals surface area (Å²) in [6.07, 6.45) is 2.19. The Labute approximate surface area is 196 Å². The van der Waals surface area contributed by atoms with Gasteiger partial charge in [-0.15, -0.1) is 0 Å². The number of aromatic nitrogens is 4. The Morgan fingerprint density at radius 1 is 1.19 bits per heavy atom. The number of ether oxygens (including phenoxy) is 2. The van der Waals surface area contributed by atoms with E-state index in [-0.39, 0.29) is 12.6 Å². The standard InChI is InChI=1S/C22H18BrN5O3S/c1-12(29)14-4-2-13(3-5-14)6-7-28-21-19(20(24)25-10-26-21)27-22(28)32-18-9-17-16(8-15(18)23)30-11-31-17/h2-5,8-10H,6-7,11H2,1H3,(H2,24,25,26). The molecule has 0 spiro atoms. The molecule has 0 saturated heterocycles. The Hall–Kier alpha value is -3.11. The predicted octanol–water partition coefficient (Wildman–Crippen LogP) is 4.50. The highest BCUT2D eigenvalue weighted by Crippen LogP contribution is 2.43. The Bertz CT molecular complexity index is 1340. The van der Waals surface area contributed by atoms with Gasteiger partial charge in [-0.05, 0) is 47.0 Å². The number of nitrogens with zero attached hydrogens (tertiary/aromatic N) is 4. The van der Waals surface area contributed by atoms with Crippen molar-refractivity contribution >= 4 is 50.5 Å². The average molecular weight is 512 g/mol. The summed E-state index contributed by atoms with van der Waals surface area (Å²) in [7, 11) is 0. The van der Waals surface area contributed by atoms with Crippen molar-refractivity contribution in [3.63, 3.8) is 0 Å². The minimum absolute atomic E-state index is 0.0531. The second-order valence-electron chi connectivity index (χ2n) is 7.22. The number of hydrogen-bond donors (Lipinski definition) is 1. The summed E-state index contributed by atoms with van der Waals surface area (Å²) >= 11 is 5.09. The molecule has 1 aliphatic heterocycles. The largest absolute Gasteiger partial charge is 0.454 e. The number of Topliss-reactive ketones (excluding diaryl/α,β-unsaturated/α-hetero) is 1. The van der Waals surface area contributed by atoms with Gasteiger partial charge in [-0.2, -0.15) is 0 Å². The van der Waals surface area contributed by atoms with Gasteiger partial charge < -0.3 is 19.8 Å². The van der Waals surface area contributed by atoms with Crippen molar-refractivity contribution in [3.05, 3.63) is 58.3 Å². The average Bonchev–Trinajstić information content (AvgIpc) is 3.37. The maximum atomic E-state index is 11.5. The smallest absolute Gasteiger partial charge is 0.231 e. The molecule has 2 aromatic heterocycles. The van der Waals surface area contributed by atoms with Gasteiger partial charge in [-0.3, -0.25) is 4.79 Å². The fraction of sp³-hybridized carbons (Fsp3) is 0.182. The van der Waals surface area contributed by atoms with Crippen molar-refractivity contribution in [1.82, 2.24) is 19.5 Å². The van der Waals surface area contributed by atoms with Crippen LogP contribution in [0.15, 0.2) is 57.3 Å². The Morgan fingerprint density at radius 3 is 2.69 bits per heavy atom. The molecule has 3 heterocycles. The van der Waals surface area contributed by atoms with E-state index in [1.807, 2.05) is 41.0 Å². The van der Waals surface area contributed by atoms with Crippen molar-refractivity contribution in [2.45, 2.75) is 29.9 Å². The normalized spacial score (nSPS) is 12.4. The number of nitrogens with two attached hydrogens (primary N) is 1. The zero-order chi connectivity index (χ0) is 22.2. The highest BCUT2D eigenvalue weighted by Gasteiger charge is 2.20. The first-order valence-electron chi connectivity index (χ1n) is 9.83. The fourth-order valence-electron chi connectivity index (χ4n) is 3.44. The first-order valence-corrected chi connectivity index (χ1v) is 11.4. The first-order chi connectivity index (χ1) is 15.5. The SMILES string of the molecule is CC(=O)c1ccc(CCn2c(Sc3cc4c(cc3Br)OCO4)nc3c(N)ncnc32)cc1. The van der Waals surface area contributed by atoms with Crippen LogP contribution in [0.5, 0.6) is 11.5 Å². The van der Waals surface area contributed by atoms with E-state index in [0.29, 0.717) is 40.6 Å². The number of ketones is 1. The molecule has 0 bridgehead atoms. The molecule has 8 nitrogen and oxygen atoms in total. The molecule has 0 atom stereocenters. The molecule has 1 aliphatic rings. The van der Waals surface area contributed by atoms with Gasteiger partial charge in [-0.25, -0.2) is 15.0 Å². The second-order valence-corrected chi connectivity index (χ2v) is 9.08. The molecule has 10 heteroatoms. The van der Waals surface area contributed by atoms with E-state index in [9.17, 15) is 4.79 Å². The van der Waals surface area contributed by atoms with Crippen molar-refractivity contribution in [2.75, 3.05) is 12.5 Å². The third kappa shape index (κ3) is 3.91. The summed E-state index contributed by atoms with van der Waals surface area (Å²) < 4.78 is 13.9. The van der Waals surface area contributed by atoms with Crippen LogP contribution in [0.25, 0.3) is 11.2 Å². The maximum absolute atomic E-state index is 11.5. The van der Waals surface area contributed by atoms with E-state index in [4.69, 9.17) is 20.2 Å². The van der Waals surface area contributed by atoms with Gasteiger partial charge in [0.15, 0.2) is 39.4 Å². The lowest BCUT2D eigenvalue weighted by molar-refractivity contribution is 0.101. The summed E-state index contributed by atoms with van der Waals surface area (Å²) in [5.74, 6) is 1.80. The molecule has 0 aliphatic carbocycles. The summed E-state index contributed by atoms with van der Waals surface area (Å²) in [6.45, 7) is 2.41. The van der Waals surface area contributed by atoms with Crippen LogP contribution in [0.3, 0.4) is 0 Å². The van der Waals surface area contributed by atoms with Crippen molar-refractivity contribution in [2.24, 2.45) is 0 Å². The van der Waals surface area contributed by atoms with E-state index in [0.717, 1.165) is 26.5 Å². The number of nitrogen functional groups attached to an aromatic ring is 1. The second kappa shape index (κ2) is 8.44. The molecule has 2 aromatic carbocycles. The van der Waals surface area contributed by atoms with Crippen LogP contribution in [-0.4, -0.2) is 32.1 Å². The summed E-state index contributed by atoms with van der Waals surface area (Å²) in [5, 5.41) is 0.743. The van der Waals surface area contributed by atoms with Gasteiger partial charge in [0.1, 0.15) is 6.33 Å². The van der Waals surface area contributed by atoms with Crippen LogP contribution in [0.2, 0.25) is 0 Å². The van der Waals surface area contributed by atoms with Crippen LogP contribution in [0, 0.1) is 0 Å². The number of benzene rings is 2. The Morgan fingerprint density at radius 2 is 1.94 bits per heavy atom. The van der Waals surface area contributed by atoms with Crippen LogP contribution in [0.4, 0.5) is 5.82 Å². The lowest BCUT2D eigenvalue weighted by Crippen LogP contribution is -2.05. The molecule has 4 aromatic rings. The Kier molecular flexibility index (Phi) is 5.48. The van der Waals surface area contributed by atoms with E-state index in [1.165, 1.54) is 18.1 Å². The number of rotatable bonds is 6. The summed E-state index contributed by atoms with van der Waals surface area (Å²) in [5.41, 5.74) is 9.13. The van der Waals surface area contributed by atoms with Gasteiger partial charge in [0, 0.05) is 21.5 Å². The van der Waals surface area contributed by atoms with Gasteiger partial charge in [0.05, 0.1) is 0 Å². The number of hydrogen-bond acceptors (Lipinski definition) is 8. The summed E-state index contributed by atoms with van der Waals surface area (Å²) in [4.78, 5) is 25.7. The van der Waals surface area contributed by atoms with Crippen LogP contribution in [0.1, 0.15) is 22.8 Å². The molecule has 0 unspecified atom stereocenters. The lowest BCUT2D eigenvalue weighted by atomic mass is 10.1. The zero-order valence-corrected chi connectivity index (χ0v) is 19.4. The molecule has 162 valence electrons. The number of aryl methyl sites for hydroxylation is 2.